The summed E-state index contributed by atoms with van der Waals surface area (Å²) in [6, 6.07) is 1.02. The first-order chi connectivity index (χ1) is 10.3. The number of aromatic nitrogens is 2. The zero-order valence-electron chi connectivity index (χ0n) is 13.2. The third kappa shape index (κ3) is 3.20. The summed E-state index contributed by atoms with van der Waals surface area (Å²) >= 11 is 0. The van der Waals surface area contributed by atoms with Gasteiger partial charge in [0.05, 0.1) is 0 Å². The first-order valence-corrected chi connectivity index (χ1v) is 8.64. The van der Waals surface area contributed by atoms with Crippen LogP contribution in [0.2, 0.25) is 0 Å². The number of rotatable bonds is 4. The molecule has 116 valence electrons. The molecule has 0 aromatic carbocycles. The van der Waals surface area contributed by atoms with Gasteiger partial charge in [-0.1, -0.05) is 6.92 Å². The first-order valence-electron chi connectivity index (χ1n) is 8.64. The monoisotopic (exact) mass is 288 g/mol. The molecule has 0 unspecified atom stereocenters. The van der Waals surface area contributed by atoms with E-state index in [0.717, 1.165) is 32.2 Å². The van der Waals surface area contributed by atoms with Crippen LogP contribution in [0.3, 0.4) is 0 Å². The summed E-state index contributed by atoms with van der Waals surface area (Å²) in [5.74, 6) is 1.22. The van der Waals surface area contributed by atoms with Gasteiger partial charge >= 0.3 is 0 Å². The van der Waals surface area contributed by atoms with Crippen LogP contribution in [0, 0.1) is 0 Å². The lowest BCUT2D eigenvalue weighted by molar-refractivity contribution is 0.373. The Balaban J connectivity index is 1.87. The van der Waals surface area contributed by atoms with Gasteiger partial charge in [0.25, 0.3) is 0 Å². The predicted octanol–water partition coefficient (Wildman–Crippen LogP) is 2.84. The average molecular weight is 288 g/mol. The van der Waals surface area contributed by atoms with E-state index < -0.39 is 0 Å². The van der Waals surface area contributed by atoms with Gasteiger partial charge in [-0.25, -0.2) is 9.97 Å². The van der Waals surface area contributed by atoms with Gasteiger partial charge in [0.2, 0.25) is 0 Å². The number of hydrogen-bond acceptors (Lipinski definition) is 4. The molecule has 0 atom stereocenters. The fraction of sp³-hybridized carbons (Fsp3) is 0.765. The highest BCUT2D eigenvalue weighted by Gasteiger charge is 2.27. The molecule has 2 N–H and O–H groups in total. The third-order valence-corrected chi connectivity index (χ3v) is 5.02. The molecule has 2 aliphatic carbocycles. The van der Waals surface area contributed by atoms with Gasteiger partial charge in [-0.3, -0.25) is 0 Å². The molecule has 4 heteroatoms. The van der Waals surface area contributed by atoms with Crippen LogP contribution in [0.5, 0.6) is 0 Å². The number of anilines is 1. The van der Waals surface area contributed by atoms with E-state index in [1.807, 2.05) is 0 Å². The Bertz CT molecular complexity index is 466. The topological polar surface area (TPSA) is 55.0 Å². The van der Waals surface area contributed by atoms with Crippen molar-refractivity contribution in [3.63, 3.8) is 0 Å². The van der Waals surface area contributed by atoms with Crippen molar-refractivity contribution in [1.82, 2.24) is 9.97 Å². The Kier molecular flexibility index (Phi) is 4.73. The van der Waals surface area contributed by atoms with Crippen LogP contribution in [0.1, 0.15) is 63.1 Å². The Labute approximate surface area is 128 Å². The van der Waals surface area contributed by atoms with Gasteiger partial charge in [-0.2, -0.15) is 0 Å². The summed E-state index contributed by atoms with van der Waals surface area (Å²) in [6.45, 7) is 3.36. The van der Waals surface area contributed by atoms with Gasteiger partial charge in [0.15, 0.2) is 0 Å². The average Bonchev–Trinajstić information content (AvgIpc) is 2.53. The van der Waals surface area contributed by atoms with Crippen molar-refractivity contribution in [2.24, 2.45) is 5.73 Å². The molecule has 1 aromatic heterocycles. The van der Waals surface area contributed by atoms with E-state index in [9.17, 15) is 0 Å². The highest BCUT2D eigenvalue weighted by Crippen LogP contribution is 2.32. The Hall–Kier alpha value is -1.16. The van der Waals surface area contributed by atoms with Crippen LogP contribution in [0.15, 0.2) is 6.33 Å². The molecule has 3 rings (SSSR count). The second-order valence-corrected chi connectivity index (χ2v) is 6.59. The van der Waals surface area contributed by atoms with E-state index in [1.54, 1.807) is 6.33 Å². The minimum absolute atomic E-state index is 0.407. The summed E-state index contributed by atoms with van der Waals surface area (Å²) in [7, 11) is 0. The maximum Gasteiger partial charge on any atom is 0.135 e. The number of fused-ring (bicyclic) bond motifs is 1. The molecule has 0 saturated heterocycles. The van der Waals surface area contributed by atoms with Crippen LogP contribution in [0.4, 0.5) is 5.82 Å². The summed E-state index contributed by atoms with van der Waals surface area (Å²) < 4.78 is 0. The van der Waals surface area contributed by atoms with Crippen LogP contribution < -0.4 is 10.6 Å². The van der Waals surface area contributed by atoms with Gasteiger partial charge in [0.1, 0.15) is 12.1 Å². The minimum Gasteiger partial charge on any atom is -0.353 e. The zero-order valence-corrected chi connectivity index (χ0v) is 13.2. The van der Waals surface area contributed by atoms with E-state index in [-0.39, 0.29) is 0 Å². The van der Waals surface area contributed by atoms with Gasteiger partial charge < -0.3 is 10.6 Å². The van der Waals surface area contributed by atoms with Gasteiger partial charge in [-0.15, -0.1) is 0 Å². The van der Waals surface area contributed by atoms with Crippen molar-refractivity contribution >= 4 is 5.82 Å². The molecular weight excluding hydrogens is 260 g/mol. The molecule has 4 nitrogen and oxygen atoms in total. The molecule has 1 fully saturated rings. The van der Waals surface area contributed by atoms with Crippen LogP contribution in [-0.4, -0.2) is 28.6 Å². The maximum absolute atomic E-state index is 6.08. The molecule has 1 heterocycles. The molecule has 0 bridgehead atoms. The number of aryl methyl sites for hydroxylation is 1. The number of hydrogen-bond donors (Lipinski definition) is 1. The largest absolute Gasteiger partial charge is 0.353 e. The molecule has 2 aliphatic rings. The van der Waals surface area contributed by atoms with Crippen molar-refractivity contribution in [1.29, 1.82) is 0 Å². The highest BCUT2D eigenvalue weighted by atomic mass is 15.2. The van der Waals surface area contributed by atoms with E-state index >= 15 is 0 Å². The van der Waals surface area contributed by atoms with Gasteiger partial charge in [-0.05, 0) is 57.8 Å². The Morgan fingerprint density at radius 1 is 1.14 bits per heavy atom. The molecule has 21 heavy (non-hydrogen) atoms. The maximum atomic E-state index is 6.08. The van der Waals surface area contributed by atoms with Crippen LogP contribution in [0.25, 0.3) is 0 Å². The summed E-state index contributed by atoms with van der Waals surface area (Å²) in [5, 5.41) is 0. The van der Waals surface area contributed by atoms with E-state index in [0.29, 0.717) is 12.1 Å². The Morgan fingerprint density at radius 3 is 2.67 bits per heavy atom. The highest BCUT2D eigenvalue weighted by molar-refractivity contribution is 5.50. The number of nitrogens with zero attached hydrogens (tertiary/aromatic N) is 3. The molecular formula is C17H28N4. The normalized spacial score (nSPS) is 25.4. The van der Waals surface area contributed by atoms with Crippen molar-refractivity contribution in [3.05, 3.63) is 17.6 Å². The Morgan fingerprint density at radius 2 is 1.90 bits per heavy atom. The summed E-state index contributed by atoms with van der Waals surface area (Å²) in [5.41, 5.74) is 8.79. The first kappa shape index (κ1) is 14.8. The standard InChI is InChI=1S/C17H28N4/c1-2-11-21(14-9-7-13(18)8-10-14)17-15-5-3-4-6-16(15)19-12-20-17/h12-14H,2-11,18H2,1H3. The van der Waals surface area contributed by atoms with Crippen LogP contribution >= 0.6 is 0 Å². The summed E-state index contributed by atoms with van der Waals surface area (Å²) in [6.07, 6.45) is 12.5. The van der Waals surface area contributed by atoms with Crippen molar-refractivity contribution < 1.29 is 0 Å². The van der Waals surface area contributed by atoms with Crippen molar-refractivity contribution in [2.75, 3.05) is 11.4 Å². The quantitative estimate of drug-likeness (QED) is 0.925. The summed E-state index contributed by atoms with van der Waals surface area (Å²) in [4.78, 5) is 11.8. The lowest BCUT2D eigenvalue weighted by Crippen LogP contribution is -2.42. The fourth-order valence-corrected chi connectivity index (χ4v) is 3.87. The molecule has 1 aromatic rings. The van der Waals surface area contributed by atoms with Crippen molar-refractivity contribution in [3.8, 4) is 0 Å². The third-order valence-electron chi connectivity index (χ3n) is 5.02. The second kappa shape index (κ2) is 6.73. The molecule has 0 radical (unpaired) electrons. The van der Waals surface area contributed by atoms with E-state index in [4.69, 9.17) is 5.73 Å². The smallest absolute Gasteiger partial charge is 0.135 e. The van der Waals surface area contributed by atoms with Crippen LogP contribution in [-0.2, 0) is 12.8 Å². The van der Waals surface area contributed by atoms with E-state index in [2.05, 4.69) is 21.8 Å². The second-order valence-electron chi connectivity index (χ2n) is 6.59. The SMILES string of the molecule is CCCN(c1ncnc2c1CCCC2)C1CCC(N)CC1. The minimum atomic E-state index is 0.407. The van der Waals surface area contributed by atoms with Gasteiger partial charge in [0, 0.05) is 29.9 Å². The molecule has 0 amide bonds. The zero-order chi connectivity index (χ0) is 14.7. The lowest BCUT2D eigenvalue weighted by atomic mass is 9.89. The molecule has 1 saturated carbocycles. The van der Waals surface area contributed by atoms with Crippen molar-refractivity contribution in [2.45, 2.75) is 76.8 Å². The fourth-order valence-electron chi connectivity index (χ4n) is 3.87. The van der Waals surface area contributed by atoms with E-state index in [1.165, 1.54) is 49.2 Å². The molecule has 0 spiro atoms. The predicted molar refractivity (Wildman–Crippen MR) is 86.5 cm³/mol. The lowest BCUT2D eigenvalue weighted by Gasteiger charge is -2.38. The number of nitrogens with two attached hydrogens (primary N) is 1. The molecule has 0 aliphatic heterocycles.